The smallest absolute Gasteiger partial charge is 0.414 e. The topological polar surface area (TPSA) is 81.9 Å². The second-order valence-electron chi connectivity index (χ2n) is 5.03. The Bertz CT molecular complexity index is 501. The van der Waals surface area contributed by atoms with E-state index in [4.69, 9.17) is 15.2 Å². The van der Waals surface area contributed by atoms with Crippen LogP contribution in [0, 0.1) is 0 Å². The fourth-order valence-electron chi connectivity index (χ4n) is 2.18. The molecule has 1 heterocycles. The van der Waals surface area contributed by atoms with Crippen LogP contribution in [0.2, 0.25) is 0 Å². The second-order valence-corrected chi connectivity index (χ2v) is 5.03. The van der Waals surface area contributed by atoms with Crippen LogP contribution in [0.25, 0.3) is 0 Å². The highest BCUT2D eigenvalue weighted by Crippen LogP contribution is 2.28. The van der Waals surface area contributed by atoms with Crippen LogP contribution in [-0.2, 0) is 20.9 Å². The number of esters is 1. The Morgan fingerprint density at radius 1 is 1.40 bits per heavy atom. The molecule has 0 saturated carbocycles. The van der Waals surface area contributed by atoms with Gasteiger partial charge in [0.05, 0.1) is 0 Å². The number of carbonyl (C=O) groups is 2. The molecule has 1 amide bonds. The molecule has 0 aliphatic carbocycles. The van der Waals surface area contributed by atoms with E-state index in [-0.39, 0.29) is 13.2 Å². The number of cyclic esters (lactones) is 1. The van der Waals surface area contributed by atoms with E-state index < -0.39 is 23.8 Å². The fraction of sp³-hybridized carbons (Fsp3) is 0.429. The molecule has 20 heavy (non-hydrogen) atoms. The van der Waals surface area contributed by atoms with Gasteiger partial charge in [-0.15, -0.1) is 0 Å². The summed E-state index contributed by atoms with van der Waals surface area (Å²) in [6.07, 6.45) is -0.611. The summed E-state index contributed by atoms with van der Waals surface area (Å²) < 4.78 is 10.4. The minimum Gasteiger partial charge on any atom is -0.444 e. The van der Waals surface area contributed by atoms with Crippen molar-refractivity contribution < 1.29 is 19.1 Å². The molecule has 1 atom stereocenters. The second kappa shape index (κ2) is 5.50. The standard InChI is InChI=1S/C14H18N2O4/c1-14(2)16(11(8-15)12(17)20-14)13(18)19-9-10-6-4-3-5-7-10/h3-7,11H,8-9,15H2,1-2H3/t11-/m0/s1. The molecular weight excluding hydrogens is 260 g/mol. The zero-order chi connectivity index (χ0) is 14.8. The molecular formula is C14H18N2O4. The van der Waals surface area contributed by atoms with E-state index >= 15 is 0 Å². The van der Waals surface area contributed by atoms with Crippen LogP contribution in [0.15, 0.2) is 30.3 Å². The predicted octanol–water partition coefficient (Wildman–Crippen LogP) is 1.25. The summed E-state index contributed by atoms with van der Waals surface area (Å²) in [7, 11) is 0. The lowest BCUT2D eigenvalue weighted by molar-refractivity contribution is -0.148. The summed E-state index contributed by atoms with van der Waals surface area (Å²) in [5.74, 6) is -0.505. The molecule has 6 heteroatoms. The molecule has 0 unspecified atom stereocenters. The third-order valence-electron chi connectivity index (χ3n) is 3.14. The number of amides is 1. The molecule has 0 bridgehead atoms. The summed E-state index contributed by atoms with van der Waals surface area (Å²) in [4.78, 5) is 25.1. The summed E-state index contributed by atoms with van der Waals surface area (Å²) in [5.41, 5.74) is 5.35. The maximum absolute atomic E-state index is 12.2. The van der Waals surface area contributed by atoms with Crippen molar-refractivity contribution >= 4 is 12.1 Å². The molecule has 1 aliphatic rings. The summed E-state index contributed by atoms with van der Waals surface area (Å²) >= 11 is 0. The molecule has 0 aromatic heterocycles. The van der Waals surface area contributed by atoms with Crippen molar-refractivity contribution in [1.82, 2.24) is 4.90 Å². The van der Waals surface area contributed by atoms with Gasteiger partial charge in [-0.25, -0.2) is 9.59 Å². The van der Waals surface area contributed by atoms with Gasteiger partial charge >= 0.3 is 12.1 Å². The van der Waals surface area contributed by atoms with Crippen molar-refractivity contribution in [2.24, 2.45) is 5.73 Å². The third-order valence-corrected chi connectivity index (χ3v) is 3.14. The van der Waals surface area contributed by atoms with Gasteiger partial charge in [0, 0.05) is 6.54 Å². The third kappa shape index (κ3) is 2.75. The van der Waals surface area contributed by atoms with E-state index in [2.05, 4.69) is 0 Å². The Morgan fingerprint density at radius 2 is 2.05 bits per heavy atom. The zero-order valence-corrected chi connectivity index (χ0v) is 11.5. The van der Waals surface area contributed by atoms with E-state index in [0.29, 0.717) is 0 Å². The van der Waals surface area contributed by atoms with Crippen LogP contribution in [0.5, 0.6) is 0 Å². The number of ether oxygens (including phenoxy) is 2. The number of carbonyl (C=O) groups excluding carboxylic acids is 2. The van der Waals surface area contributed by atoms with Gasteiger partial charge in [0.25, 0.3) is 0 Å². The Labute approximate surface area is 117 Å². The highest BCUT2D eigenvalue weighted by molar-refractivity contribution is 5.85. The average Bonchev–Trinajstić information content (AvgIpc) is 2.65. The molecule has 0 radical (unpaired) electrons. The van der Waals surface area contributed by atoms with Crippen LogP contribution >= 0.6 is 0 Å². The minimum absolute atomic E-state index is 0.00268. The molecule has 1 saturated heterocycles. The molecule has 0 spiro atoms. The first-order valence-electron chi connectivity index (χ1n) is 6.38. The molecule has 2 N–H and O–H groups in total. The Morgan fingerprint density at radius 3 is 2.65 bits per heavy atom. The Hall–Kier alpha value is -2.08. The zero-order valence-electron chi connectivity index (χ0n) is 11.5. The van der Waals surface area contributed by atoms with Gasteiger partial charge in [0.2, 0.25) is 0 Å². The van der Waals surface area contributed by atoms with Crippen LogP contribution in [0.4, 0.5) is 4.79 Å². The number of nitrogens with two attached hydrogens (primary N) is 1. The largest absolute Gasteiger partial charge is 0.444 e. The first-order chi connectivity index (χ1) is 9.45. The van der Waals surface area contributed by atoms with Crippen LogP contribution in [0.3, 0.4) is 0 Å². The Kier molecular flexibility index (Phi) is 3.94. The van der Waals surface area contributed by atoms with Crippen molar-refractivity contribution in [3.8, 4) is 0 Å². The maximum Gasteiger partial charge on any atom is 0.414 e. The highest BCUT2D eigenvalue weighted by atomic mass is 16.6. The van der Waals surface area contributed by atoms with Crippen molar-refractivity contribution in [2.45, 2.75) is 32.2 Å². The highest BCUT2D eigenvalue weighted by Gasteiger charge is 2.50. The quantitative estimate of drug-likeness (QED) is 0.841. The van der Waals surface area contributed by atoms with E-state index in [1.165, 1.54) is 4.90 Å². The Balaban J connectivity index is 2.05. The van der Waals surface area contributed by atoms with Gasteiger partial charge in [-0.1, -0.05) is 30.3 Å². The average molecular weight is 278 g/mol. The fourth-order valence-corrected chi connectivity index (χ4v) is 2.18. The van der Waals surface area contributed by atoms with Crippen LogP contribution in [0.1, 0.15) is 19.4 Å². The summed E-state index contributed by atoms with van der Waals surface area (Å²) in [5, 5.41) is 0. The van der Waals surface area contributed by atoms with E-state index in [1.807, 2.05) is 30.3 Å². The molecule has 1 aromatic rings. The summed E-state index contributed by atoms with van der Waals surface area (Å²) in [6.45, 7) is 3.40. The van der Waals surface area contributed by atoms with Crippen molar-refractivity contribution in [2.75, 3.05) is 6.54 Å². The molecule has 6 nitrogen and oxygen atoms in total. The van der Waals surface area contributed by atoms with Gasteiger partial charge in [0.15, 0.2) is 5.72 Å². The number of hydrogen-bond acceptors (Lipinski definition) is 5. The van der Waals surface area contributed by atoms with E-state index in [9.17, 15) is 9.59 Å². The molecule has 108 valence electrons. The van der Waals surface area contributed by atoms with Crippen LogP contribution in [-0.4, -0.2) is 35.3 Å². The van der Waals surface area contributed by atoms with Gasteiger partial charge in [-0.2, -0.15) is 0 Å². The predicted molar refractivity (Wildman–Crippen MR) is 71.5 cm³/mol. The van der Waals surface area contributed by atoms with Gasteiger partial charge in [0.1, 0.15) is 12.6 Å². The van der Waals surface area contributed by atoms with Gasteiger partial charge in [-0.3, -0.25) is 4.90 Å². The molecule has 2 rings (SSSR count). The number of rotatable bonds is 3. The lowest BCUT2D eigenvalue weighted by Gasteiger charge is -2.30. The molecule has 1 aromatic carbocycles. The first kappa shape index (κ1) is 14.3. The monoisotopic (exact) mass is 278 g/mol. The number of nitrogens with zero attached hydrogens (tertiary/aromatic N) is 1. The lowest BCUT2D eigenvalue weighted by atomic mass is 10.2. The minimum atomic E-state index is -1.05. The van der Waals surface area contributed by atoms with Gasteiger partial charge < -0.3 is 15.2 Å². The first-order valence-corrected chi connectivity index (χ1v) is 6.38. The summed E-state index contributed by atoms with van der Waals surface area (Å²) in [6, 6.07) is 8.51. The lowest BCUT2D eigenvalue weighted by Crippen LogP contribution is -2.50. The van der Waals surface area contributed by atoms with Crippen LogP contribution < -0.4 is 5.73 Å². The SMILES string of the molecule is CC1(C)OC(=O)[C@H](CN)N1C(=O)OCc1ccccc1. The van der Waals surface area contributed by atoms with Gasteiger partial charge in [-0.05, 0) is 19.4 Å². The van der Waals surface area contributed by atoms with Crippen molar-refractivity contribution in [3.63, 3.8) is 0 Å². The molecule has 1 fully saturated rings. The molecule has 1 aliphatic heterocycles. The number of hydrogen-bond donors (Lipinski definition) is 1. The maximum atomic E-state index is 12.2. The van der Waals surface area contributed by atoms with Crippen molar-refractivity contribution in [3.05, 3.63) is 35.9 Å². The van der Waals surface area contributed by atoms with E-state index in [1.54, 1.807) is 13.8 Å². The van der Waals surface area contributed by atoms with Crippen molar-refractivity contribution in [1.29, 1.82) is 0 Å². The number of benzene rings is 1. The normalized spacial score (nSPS) is 20.6. The van der Waals surface area contributed by atoms with E-state index in [0.717, 1.165) is 5.56 Å².